The number of likely N-dealkylation sites (tertiary alicyclic amines) is 1. The Morgan fingerprint density at radius 1 is 1.09 bits per heavy atom. The molecule has 2 atom stereocenters. The number of halogens is 3. The third-order valence-corrected chi connectivity index (χ3v) is 5.97. The number of benzene rings is 2. The number of para-hydroxylation sites is 2. The second-order valence-corrected chi connectivity index (χ2v) is 8.34. The van der Waals surface area contributed by atoms with Crippen molar-refractivity contribution in [3.63, 3.8) is 0 Å². The molecule has 2 fully saturated rings. The zero-order valence-electron chi connectivity index (χ0n) is 17.0. The highest BCUT2D eigenvalue weighted by Gasteiger charge is 2.47. The average molecular weight is 446 g/mol. The molecule has 2 aromatic rings. The molecule has 2 amide bonds. The predicted octanol–water partition coefficient (Wildman–Crippen LogP) is 3.89. The zero-order valence-corrected chi connectivity index (χ0v) is 17.0. The smallest absolute Gasteiger partial charge is 0.486 e. The van der Waals surface area contributed by atoms with Crippen molar-refractivity contribution in [3.05, 3.63) is 54.1 Å². The maximum absolute atomic E-state index is 13.6. The van der Waals surface area contributed by atoms with Gasteiger partial charge in [0.25, 0.3) is 0 Å². The van der Waals surface area contributed by atoms with Gasteiger partial charge in [-0.05, 0) is 42.7 Å². The monoisotopic (exact) mass is 446 g/mol. The number of amides is 2. The molecule has 5 rings (SSSR count). The van der Waals surface area contributed by atoms with Crippen molar-refractivity contribution < 1.29 is 32.2 Å². The van der Waals surface area contributed by atoms with E-state index in [0.717, 1.165) is 12.8 Å². The van der Waals surface area contributed by atoms with Crippen LogP contribution >= 0.6 is 0 Å². The van der Waals surface area contributed by atoms with E-state index >= 15 is 0 Å². The van der Waals surface area contributed by atoms with E-state index in [1.54, 1.807) is 28.0 Å². The van der Waals surface area contributed by atoms with Crippen LogP contribution in [0, 0.1) is 5.92 Å². The molecule has 0 radical (unpaired) electrons. The van der Waals surface area contributed by atoms with Gasteiger partial charge in [0.1, 0.15) is 23.6 Å². The minimum absolute atomic E-state index is 0.00555. The summed E-state index contributed by atoms with van der Waals surface area (Å²) >= 11 is 0. The summed E-state index contributed by atoms with van der Waals surface area (Å²) in [6.45, 7) is 0.496. The summed E-state index contributed by atoms with van der Waals surface area (Å²) in [6.07, 6.45) is -2.92. The molecule has 3 aliphatic rings. The lowest BCUT2D eigenvalue weighted by Gasteiger charge is -2.32. The molecule has 2 aliphatic heterocycles. The number of hydrogen-bond donors (Lipinski definition) is 0. The lowest BCUT2D eigenvalue weighted by molar-refractivity contribution is -0.274. The van der Waals surface area contributed by atoms with Crippen LogP contribution in [-0.2, 0) is 16.1 Å². The molecule has 1 saturated carbocycles. The number of carbonyl (C=O) groups excluding carboxylic acids is 2. The number of alkyl halides is 3. The van der Waals surface area contributed by atoms with Crippen molar-refractivity contribution in [2.45, 2.75) is 44.3 Å². The lowest BCUT2D eigenvalue weighted by atomic mass is 10.1. The SMILES string of the molecule is O=C1[C@@H]2C[C@@H](CN2C(=O)C2CC2)Oc2ccccc2N1Cc1ccc(OC(F)(F)F)cc1. The van der Waals surface area contributed by atoms with Gasteiger partial charge in [0.15, 0.2) is 0 Å². The summed E-state index contributed by atoms with van der Waals surface area (Å²) < 4.78 is 47.4. The van der Waals surface area contributed by atoms with E-state index in [-0.39, 0.29) is 36.1 Å². The number of rotatable bonds is 4. The van der Waals surface area contributed by atoms with E-state index in [9.17, 15) is 22.8 Å². The van der Waals surface area contributed by atoms with Gasteiger partial charge in [-0.2, -0.15) is 0 Å². The van der Waals surface area contributed by atoms with Crippen molar-refractivity contribution in [1.29, 1.82) is 0 Å². The van der Waals surface area contributed by atoms with E-state index < -0.39 is 12.4 Å². The van der Waals surface area contributed by atoms with Crippen molar-refractivity contribution in [2.24, 2.45) is 5.92 Å². The summed E-state index contributed by atoms with van der Waals surface area (Å²) in [5.41, 5.74) is 1.20. The largest absolute Gasteiger partial charge is 0.573 e. The Kier molecular flexibility index (Phi) is 4.98. The molecule has 168 valence electrons. The summed E-state index contributed by atoms with van der Waals surface area (Å²) in [4.78, 5) is 29.6. The average Bonchev–Trinajstić information content (AvgIpc) is 3.51. The summed E-state index contributed by atoms with van der Waals surface area (Å²) in [5.74, 6) is -0.0189. The van der Waals surface area contributed by atoms with Crippen molar-refractivity contribution in [1.82, 2.24) is 4.90 Å². The number of ether oxygens (including phenoxy) is 2. The number of carbonyl (C=O) groups is 2. The van der Waals surface area contributed by atoms with Crippen molar-refractivity contribution in [2.75, 3.05) is 11.4 Å². The second-order valence-electron chi connectivity index (χ2n) is 8.34. The number of fused-ring (bicyclic) bond motifs is 3. The van der Waals surface area contributed by atoms with Gasteiger partial charge in [-0.1, -0.05) is 24.3 Å². The van der Waals surface area contributed by atoms with Crippen LogP contribution in [0.5, 0.6) is 11.5 Å². The Bertz CT molecular complexity index is 1040. The van der Waals surface area contributed by atoms with E-state index in [1.165, 1.54) is 24.3 Å². The Morgan fingerprint density at radius 2 is 1.81 bits per heavy atom. The molecule has 2 aromatic carbocycles. The first kappa shape index (κ1) is 20.7. The fraction of sp³-hybridized carbons (Fsp3) is 0.391. The van der Waals surface area contributed by atoms with Crippen LogP contribution in [-0.4, -0.2) is 41.8 Å². The molecule has 6 nitrogen and oxygen atoms in total. The topological polar surface area (TPSA) is 59.1 Å². The molecule has 1 saturated heterocycles. The second kappa shape index (κ2) is 7.72. The molecular formula is C23H21F3N2O4. The molecule has 32 heavy (non-hydrogen) atoms. The Balaban J connectivity index is 1.44. The third-order valence-electron chi connectivity index (χ3n) is 5.97. The van der Waals surface area contributed by atoms with Gasteiger partial charge in [0.2, 0.25) is 11.8 Å². The van der Waals surface area contributed by atoms with Crippen LogP contribution in [0.15, 0.2) is 48.5 Å². The fourth-order valence-corrected chi connectivity index (χ4v) is 4.33. The van der Waals surface area contributed by atoms with Gasteiger partial charge in [-0.3, -0.25) is 9.59 Å². The van der Waals surface area contributed by atoms with E-state index in [2.05, 4.69) is 4.74 Å². The van der Waals surface area contributed by atoms with Gasteiger partial charge in [0.05, 0.1) is 18.8 Å². The highest BCUT2D eigenvalue weighted by atomic mass is 19.4. The van der Waals surface area contributed by atoms with E-state index in [1.807, 2.05) is 6.07 Å². The fourth-order valence-electron chi connectivity index (χ4n) is 4.33. The number of nitrogens with zero attached hydrogens (tertiary/aromatic N) is 2. The summed E-state index contributed by atoms with van der Waals surface area (Å²) in [7, 11) is 0. The first-order valence-electron chi connectivity index (χ1n) is 10.5. The van der Waals surface area contributed by atoms with Gasteiger partial charge in [-0.25, -0.2) is 0 Å². The highest BCUT2D eigenvalue weighted by molar-refractivity contribution is 6.01. The molecule has 0 N–H and O–H groups in total. The quantitative estimate of drug-likeness (QED) is 0.715. The lowest BCUT2D eigenvalue weighted by Crippen LogP contribution is -2.48. The summed E-state index contributed by atoms with van der Waals surface area (Å²) in [6, 6.07) is 11.9. The third kappa shape index (κ3) is 4.11. The molecule has 0 aromatic heterocycles. The van der Waals surface area contributed by atoms with Gasteiger partial charge in [-0.15, -0.1) is 13.2 Å². The molecule has 0 unspecified atom stereocenters. The Morgan fingerprint density at radius 3 is 2.50 bits per heavy atom. The zero-order chi connectivity index (χ0) is 22.5. The molecule has 1 aliphatic carbocycles. The first-order chi connectivity index (χ1) is 15.3. The molecule has 2 bridgehead atoms. The number of anilines is 1. The maximum atomic E-state index is 13.6. The Labute approximate surface area is 182 Å². The molecule has 0 spiro atoms. The van der Waals surface area contributed by atoms with E-state index in [0.29, 0.717) is 30.0 Å². The van der Waals surface area contributed by atoms with Gasteiger partial charge < -0.3 is 19.3 Å². The maximum Gasteiger partial charge on any atom is 0.573 e. The normalized spacial score (nSPS) is 22.7. The number of hydrogen-bond acceptors (Lipinski definition) is 4. The van der Waals surface area contributed by atoms with Crippen LogP contribution in [0.2, 0.25) is 0 Å². The highest BCUT2D eigenvalue weighted by Crippen LogP contribution is 2.39. The first-order valence-corrected chi connectivity index (χ1v) is 10.5. The molecule has 9 heteroatoms. The van der Waals surface area contributed by atoms with E-state index in [4.69, 9.17) is 4.74 Å². The van der Waals surface area contributed by atoms with Gasteiger partial charge >= 0.3 is 6.36 Å². The van der Waals surface area contributed by atoms with Gasteiger partial charge in [0, 0.05) is 12.3 Å². The van der Waals surface area contributed by atoms with Crippen LogP contribution in [0.4, 0.5) is 18.9 Å². The van der Waals surface area contributed by atoms with Crippen molar-refractivity contribution >= 4 is 17.5 Å². The molecule has 2 heterocycles. The molecular weight excluding hydrogens is 425 g/mol. The van der Waals surface area contributed by atoms with Crippen LogP contribution in [0.3, 0.4) is 0 Å². The van der Waals surface area contributed by atoms with Crippen LogP contribution in [0.1, 0.15) is 24.8 Å². The van der Waals surface area contributed by atoms with Crippen LogP contribution in [0.25, 0.3) is 0 Å². The van der Waals surface area contributed by atoms with Crippen LogP contribution < -0.4 is 14.4 Å². The minimum Gasteiger partial charge on any atom is -0.486 e. The standard InChI is InChI=1S/C23H21F3N2O4/c24-23(25,26)32-16-9-5-14(6-10-16)12-27-18-3-1-2-4-20(18)31-17-11-19(22(27)30)28(13-17)21(29)15-7-8-15/h1-6,9-10,15,17,19H,7-8,11-13H2/t17-,19-/m0/s1. The summed E-state index contributed by atoms with van der Waals surface area (Å²) in [5, 5.41) is 0. The van der Waals surface area contributed by atoms with Crippen molar-refractivity contribution in [3.8, 4) is 11.5 Å². The predicted molar refractivity (Wildman–Crippen MR) is 108 cm³/mol. The minimum atomic E-state index is -4.77. The Hall–Kier alpha value is -3.23.